The molecule has 0 saturated carbocycles. The molecule has 0 spiro atoms. The highest BCUT2D eigenvalue weighted by Crippen LogP contribution is 2.33. The monoisotopic (exact) mass is 352 g/mol. The van der Waals surface area contributed by atoms with Gasteiger partial charge in [0.1, 0.15) is 11.9 Å². The van der Waals surface area contributed by atoms with Crippen LogP contribution >= 0.6 is 0 Å². The van der Waals surface area contributed by atoms with E-state index in [9.17, 15) is 9.90 Å². The summed E-state index contributed by atoms with van der Waals surface area (Å²) in [5.74, 6) is 6.17. The number of hydrogen-bond donors (Lipinski definition) is 1. The van der Waals surface area contributed by atoms with Crippen molar-refractivity contribution in [2.75, 3.05) is 14.2 Å². The first-order chi connectivity index (χ1) is 12.3. The maximum atomic E-state index is 11.4. The molecule has 0 saturated heterocycles. The molecule has 136 valence electrons. The molecule has 2 rings (SSSR count). The molecule has 0 aliphatic heterocycles. The van der Waals surface area contributed by atoms with Gasteiger partial charge in [0, 0.05) is 5.56 Å². The zero-order valence-electron chi connectivity index (χ0n) is 15.8. The lowest BCUT2D eigenvalue weighted by Gasteiger charge is -2.23. The molecular weight excluding hydrogens is 328 g/mol. The average Bonchev–Trinajstić information content (AvgIpc) is 2.64. The second kappa shape index (κ2) is 8.07. The van der Waals surface area contributed by atoms with Crippen molar-refractivity contribution < 1.29 is 19.4 Å². The van der Waals surface area contributed by atoms with Gasteiger partial charge in [-0.05, 0) is 52.9 Å². The summed E-state index contributed by atoms with van der Waals surface area (Å²) in [5.41, 5.74) is 2.79. The molecule has 1 unspecified atom stereocenters. The predicted octanol–water partition coefficient (Wildman–Crippen LogP) is 3.86. The summed E-state index contributed by atoms with van der Waals surface area (Å²) >= 11 is 0. The molecule has 0 radical (unpaired) electrons. The molecule has 0 bridgehead atoms. The van der Waals surface area contributed by atoms with Crippen LogP contribution in [0, 0.1) is 11.8 Å². The van der Waals surface area contributed by atoms with Crippen LogP contribution in [0.15, 0.2) is 42.5 Å². The molecule has 26 heavy (non-hydrogen) atoms. The Morgan fingerprint density at radius 1 is 1.08 bits per heavy atom. The number of methoxy groups -OCH3 is 2. The number of carbonyl (C=O) groups excluding carboxylic acids is 1. The molecule has 0 amide bonds. The minimum Gasteiger partial charge on any atom is -0.496 e. The van der Waals surface area contributed by atoms with Crippen molar-refractivity contribution in [3.8, 4) is 17.6 Å². The number of benzene rings is 2. The van der Waals surface area contributed by atoms with Gasteiger partial charge in [0.2, 0.25) is 0 Å². The highest BCUT2D eigenvalue weighted by Gasteiger charge is 2.20. The Hall–Kier alpha value is -2.77. The fraction of sp³-hybridized carbons (Fsp3) is 0.318. The van der Waals surface area contributed by atoms with Crippen molar-refractivity contribution in [2.45, 2.75) is 32.3 Å². The zero-order valence-corrected chi connectivity index (χ0v) is 15.8. The van der Waals surface area contributed by atoms with Crippen molar-refractivity contribution in [1.29, 1.82) is 0 Å². The molecule has 1 N–H and O–H groups in total. The molecule has 4 nitrogen and oxygen atoms in total. The Kier molecular flexibility index (Phi) is 6.07. The SMILES string of the molecule is COC(=O)c1ccc(C#CC(O)c2ccc(OC)c(C(C)(C)C)c2)cc1. The van der Waals surface area contributed by atoms with E-state index >= 15 is 0 Å². The smallest absolute Gasteiger partial charge is 0.337 e. The molecule has 0 fully saturated rings. The largest absolute Gasteiger partial charge is 0.496 e. The van der Waals surface area contributed by atoms with E-state index in [-0.39, 0.29) is 5.41 Å². The first kappa shape index (κ1) is 19.6. The predicted molar refractivity (Wildman–Crippen MR) is 101 cm³/mol. The normalized spacial score (nSPS) is 11.9. The van der Waals surface area contributed by atoms with Gasteiger partial charge in [-0.15, -0.1) is 0 Å². The van der Waals surface area contributed by atoms with E-state index in [1.165, 1.54) is 7.11 Å². The van der Waals surface area contributed by atoms with Gasteiger partial charge in [-0.25, -0.2) is 4.79 Å². The third kappa shape index (κ3) is 4.65. The Morgan fingerprint density at radius 3 is 2.27 bits per heavy atom. The zero-order chi connectivity index (χ0) is 19.3. The van der Waals surface area contributed by atoms with Gasteiger partial charge in [-0.3, -0.25) is 0 Å². The van der Waals surface area contributed by atoms with Crippen molar-refractivity contribution >= 4 is 5.97 Å². The van der Waals surface area contributed by atoms with Gasteiger partial charge in [-0.1, -0.05) is 38.7 Å². The highest BCUT2D eigenvalue weighted by molar-refractivity contribution is 5.89. The number of aliphatic hydroxyl groups excluding tert-OH is 1. The van der Waals surface area contributed by atoms with Gasteiger partial charge < -0.3 is 14.6 Å². The van der Waals surface area contributed by atoms with Crippen LogP contribution in [0.25, 0.3) is 0 Å². The number of carbonyl (C=O) groups is 1. The van der Waals surface area contributed by atoms with Crippen LogP contribution in [-0.4, -0.2) is 25.3 Å². The van der Waals surface area contributed by atoms with Crippen LogP contribution in [-0.2, 0) is 10.2 Å². The maximum Gasteiger partial charge on any atom is 0.337 e. The fourth-order valence-electron chi connectivity index (χ4n) is 2.52. The number of rotatable bonds is 3. The van der Waals surface area contributed by atoms with Gasteiger partial charge in [0.05, 0.1) is 19.8 Å². The highest BCUT2D eigenvalue weighted by atomic mass is 16.5. The van der Waals surface area contributed by atoms with E-state index in [1.54, 1.807) is 31.4 Å². The summed E-state index contributed by atoms with van der Waals surface area (Å²) in [6.45, 7) is 6.28. The molecule has 0 aromatic heterocycles. The van der Waals surface area contributed by atoms with Crippen LogP contribution in [0.2, 0.25) is 0 Å². The van der Waals surface area contributed by atoms with E-state index in [4.69, 9.17) is 4.74 Å². The van der Waals surface area contributed by atoms with Crippen LogP contribution in [0.4, 0.5) is 0 Å². The number of ether oxygens (including phenoxy) is 2. The van der Waals surface area contributed by atoms with Gasteiger partial charge >= 0.3 is 5.97 Å². The lowest BCUT2D eigenvalue weighted by molar-refractivity contribution is 0.0600. The van der Waals surface area contributed by atoms with Gasteiger partial charge in [0.25, 0.3) is 0 Å². The first-order valence-electron chi connectivity index (χ1n) is 8.32. The third-order valence-electron chi connectivity index (χ3n) is 4.01. The number of hydrogen-bond acceptors (Lipinski definition) is 4. The summed E-state index contributed by atoms with van der Waals surface area (Å²) < 4.78 is 10.1. The van der Waals surface area contributed by atoms with Crippen molar-refractivity contribution in [2.24, 2.45) is 0 Å². The lowest BCUT2D eigenvalue weighted by atomic mass is 9.85. The van der Waals surface area contributed by atoms with Crippen LogP contribution in [0.5, 0.6) is 5.75 Å². The molecule has 0 aliphatic rings. The number of aliphatic hydroxyl groups is 1. The molecule has 1 atom stereocenters. The Balaban J connectivity index is 2.24. The molecule has 0 heterocycles. The standard InChI is InChI=1S/C22H24O4/c1-22(2,3)18-14-17(11-13-20(18)25-4)19(23)12-8-15-6-9-16(10-7-15)21(24)26-5/h6-7,9-11,13-14,19,23H,1-5H3. The summed E-state index contributed by atoms with van der Waals surface area (Å²) in [4.78, 5) is 11.4. The van der Waals surface area contributed by atoms with E-state index in [1.807, 2.05) is 18.2 Å². The summed E-state index contributed by atoms with van der Waals surface area (Å²) in [6.07, 6.45) is -0.915. The van der Waals surface area contributed by atoms with E-state index < -0.39 is 12.1 Å². The van der Waals surface area contributed by atoms with Crippen LogP contribution in [0.1, 0.15) is 53.9 Å². The third-order valence-corrected chi connectivity index (χ3v) is 4.01. The van der Waals surface area contributed by atoms with Crippen molar-refractivity contribution in [3.63, 3.8) is 0 Å². The van der Waals surface area contributed by atoms with E-state index in [2.05, 4.69) is 37.3 Å². The first-order valence-corrected chi connectivity index (χ1v) is 8.32. The Labute approximate surface area is 154 Å². The second-order valence-corrected chi connectivity index (χ2v) is 6.95. The van der Waals surface area contributed by atoms with Crippen LogP contribution < -0.4 is 4.74 Å². The van der Waals surface area contributed by atoms with Gasteiger partial charge in [-0.2, -0.15) is 0 Å². The fourth-order valence-corrected chi connectivity index (χ4v) is 2.52. The van der Waals surface area contributed by atoms with E-state index in [0.29, 0.717) is 11.1 Å². The minimum absolute atomic E-state index is 0.113. The summed E-state index contributed by atoms with van der Waals surface area (Å²) in [7, 11) is 2.98. The quantitative estimate of drug-likeness (QED) is 0.673. The van der Waals surface area contributed by atoms with Crippen molar-refractivity contribution in [1.82, 2.24) is 0 Å². The Morgan fingerprint density at radius 2 is 1.73 bits per heavy atom. The molecule has 4 heteroatoms. The Bertz CT molecular complexity index is 833. The lowest BCUT2D eigenvalue weighted by Crippen LogP contribution is -2.13. The minimum atomic E-state index is -0.915. The van der Waals surface area contributed by atoms with Crippen molar-refractivity contribution in [3.05, 3.63) is 64.7 Å². The topological polar surface area (TPSA) is 55.8 Å². The molecular formula is C22H24O4. The molecule has 2 aromatic rings. The van der Waals surface area contributed by atoms with E-state index in [0.717, 1.165) is 16.9 Å². The second-order valence-electron chi connectivity index (χ2n) is 6.95. The summed E-state index contributed by atoms with van der Waals surface area (Å²) in [5, 5.41) is 10.4. The molecule has 2 aromatic carbocycles. The molecule has 0 aliphatic carbocycles. The van der Waals surface area contributed by atoms with Gasteiger partial charge in [0.15, 0.2) is 0 Å². The number of esters is 1. The maximum absolute atomic E-state index is 11.4. The summed E-state index contributed by atoms with van der Waals surface area (Å²) in [6, 6.07) is 12.3. The van der Waals surface area contributed by atoms with Crippen LogP contribution in [0.3, 0.4) is 0 Å². The average molecular weight is 352 g/mol.